The summed E-state index contributed by atoms with van der Waals surface area (Å²) in [6, 6.07) is 27.3. The second-order valence-electron chi connectivity index (χ2n) is 6.56. The van der Waals surface area contributed by atoms with Crippen molar-refractivity contribution in [2.75, 3.05) is 7.11 Å². The number of carbonyl (C=O) groups is 1. The fraction of sp³-hybridized carbons (Fsp3) is 0.125. The normalized spacial score (nSPS) is 19.3. The smallest absolute Gasteiger partial charge is 0.342 e. The minimum Gasteiger partial charge on any atom is -0.420 e. The van der Waals surface area contributed by atoms with E-state index < -0.39 is 5.79 Å². The molecule has 1 atom stereocenters. The van der Waals surface area contributed by atoms with Crippen molar-refractivity contribution in [3.8, 4) is 0 Å². The quantitative estimate of drug-likeness (QED) is 0.620. The molecule has 0 spiro atoms. The molecule has 3 aromatic carbocycles. The molecule has 0 N–H and O–H groups in total. The predicted octanol–water partition coefficient (Wildman–Crippen LogP) is 4.96. The SMILES string of the molecule is COC1(c2ccc(C)cc2)OC(=O)C(c2ccccc2)=C1c1ccccc1. The molecule has 1 aliphatic heterocycles. The summed E-state index contributed by atoms with van der Waals surface area (Å²) in [6.45, 7) is 2.02. The lowest BCUT2D eigenvalue weighted by molar-refractivity contribution is -0.188. The molecule has 1 unspecified atom stereocenters. The largest absolute Gasteiger partial charge is 0.420 e. The molecule has 134 valence electrons. The molecule has 3 heteroatoms. The lowest BCUT2D eigenvalue weighted by atomic mass is 9.87. The first kappa shape index (κ1) is 17.3. The van der Waals surface area contributed by atoms with Crippen LogP contribution in [0.2, 0.25) is 0 Å². The molecule has 4 rings (SSSR count). The van der Waals surface area contributed by atoms with Gasteiger partial charge in [-0.3, -0.25) is 0 Å². The molecule has 27 heavy (non-hydrogen) atoms. The van der Waals surface area contributed by atoms with Crippen molar-refractivity contribution >= 4 is 17.1 Å². The predicted molar refractivity (Wildman–Crippen MR) is 106 cm³/mol. The van der Waals surface area contributed by atoms with E-state index in [0.29, 0.717) is 5.57 Å². The maximum atomic E-state index is 13.0. The van der Waals surface area contributed by atoms with Gasteiger partial charge in [0.25, 0.3) is 5.79 Å². The van der Waals surface area contributed by atoms with Gasteiger partial charge in [-0.2, -0.15) is 0 Å². The van der Waals surface area contributed by atoms with Crippen LogP contribution < -0.4 is 0 Å². The van der Waals surface area contributed by atoms with E-state index in [1.807, 2.05) is 91.9 Å². The van der Waals surface area contributed by atoms with Crippen molar-refractivity contribution in [2.45, 2.75) is 12.7 Å². The van der Waals surface area contributed by atoms with Crippen LogP contribution in [0.3, 0.4) is 0 Å². The van der Waals surface area contributed by atoms with Crippen LogP contribution >= 0.6 is 0 Å². The van der Waals surface area contributed by atoms with Gasteiger partial charge in [0.1, 0.15) is 0 Å². The summed E-state index contributed by atoms with van der Waals surface area (Å²) in [7, 11) is 1.57. The molecule has 3 aromatic rings. The molecule has 0 aromatic heterocycles. The van der Waals surface area contributed by atoms with E-state index in [9.17, 15) is 4.79 Å². The number of esters is 1. The molecule has 0 radical (unpaired) electrons. The zero-order chi connectivity index (χ0) is 18.9. The topological polar surface area (TPSA) is 35.5 Å². The van der Waals surface area contributed by atoms with E-state index in [0.717, 1.165) is 27.8 Å². The molecule has 1 aliphatic rings. The highest BCUT2D eigenvalue weighted by Gasteiger charge is 2.50. The maximum absolute atomic E-state index is 13.0. The van der Waals surface area contributed by atoms with Gasteiger partial charge in [-0.05, 0) is 18.1 Å². The van der Waals surface area contributed by atoms with Gasteiger partial charge in [0, 0.05) is 12.7 Å². The number of methoxy groups -OCH3 is 1. The summed E-state index contributed by atoms with van der Waals surface area (Å²) in [6.07, 6.45) is 0. The number of carbonyl (C=O) groups excluding carboxylic acids is 1. The van der Waals surface area contributed by atoms with Crippen molar-refractivity contribution in [2.24, 2.45) is 0 Å². The molecule has 3 nitrogen and oxygen atoms in total. The minimum absolute atomic E-state index is 0.387. The molecular weight excluding hydrogens is 336 g/mol. The Morgan fingerprint density at radius 2 is 1.33 bits per heavy atom. The Kier molecular flexibility index (Phi) is 4.38. The Morgan fingerprint density at radius 3 is 1.89 bits per heavy atom. The Labute approximate surface area is 158 Å². The Morgan fingerprint density at radius 1 is 0.778 bits per heavy atom. The Bertz CT molecular complexity index is 989. The second kappa shape index (κ2) is 6.86. The Balaban J connectivity index is 2.03. The Hall–Kier alpha value is -3.17. The van der Waals surface area contributed by atoms with Gasteiger partial charge in [-0.1, -0.05) is 90.5 Å². The van der Waals surface area contributed by atoms with Gasteiger partial charge >= 0.3 is 5.97 Å². The number of benzene rings is 3. The van der Waals surface area contributed by atoms with Crippen molar-refractivity contribution in [3.05, 3.63) is 107 Å². The third-order valence-corrected chi connectivity index (χ3v) is 4.86. The summed E-state index contributed by atoms with van der Waals surface area (Å²) in [4.78, 5) is 13.0. The summed E-state index contributed by atoms with van der Waals surface area (Å²) >= 11 is 0. The first-order chi connectivity index (χ1) is 13.2. The summed E-state index contributed by atoms with van der Waals surface area (Å²) in [5, 5.41) is 0. The standard InChI is InChI=1S/C24H20O3/c1-17-13-15-20(16-14-17)24(26-2)22(19-11-7-4-8-12-19)21(23(25)27-24)18-9-5-3-6-10-18/h3-16H,1-2H3. The minimum atomic E-state index is -1.28. The first-order valence-corrected chi connectivity index (χ1v) is 8.87. The van der Waals surface area contributed by atoms with Crippen molar-refractivity contribution in [1.82, 2.24) is 0 Å². The lowest BCUT2D eigenvalue weighted by Gasteiger charge is -2.30. The van der Waals surface area contributed by atoms with Gasteiger partial charge in [-0.15, -0.1) is 0 Å². The molecular formula is C24H20O3. The maximum Gasteiger partial charge on any atom is 0.342 e. The lowest BCUT2D eigenvalue weighted by Crippen LogP contribution is -2.31. The van der Waals surface area contributed by atoms with Crippen LogP contribution in [0.25, 0.3) is 11.1 Å². The zero-order valence-corrected chi connectivity index (χ0v) is 15.3. The molecule has 0 aliphatic carbocycles. The average Bonchev–Trinajstić information content (AvgIpc) is 3.03. The van der Waals surface area contributed by atoms with Gasteiger partial charge in [0.05, 0.1) is 11.1 Å². The first-order valence-electron chi connectivity index (χ1n) is 8.87. The number of ether oxygens (including phenoxy) is 2. The van der Waals surface area contributed by atoms with E-state index in [1.165, 1.54) is 0 Å². The van der Waals surface area contributed by atoms with Crippen LogP contribution in [-0.4, -0.2) is 13.1 Å². The number of hydrogen-bond donors (Lipinski definition) is 0. The van der Waals surface area contributed by atoms with Gasteiger partial charge in [-0.25, -0.2) is 4.79 Å². The number of hydrogen-bond acceptors (Lipinski definition) is 3. The summed E-state index contributed by atoms with van der Waals surface area (Å²) in [5.41, 5.74) is 4.88. The number of aryl methyl sites for hydroxylation is 1. The van der Waals surface area contributed by atoms with Gasteiger partial charge in [0.2, 0.25) is 0 Å². The van der Waals surface area contributed by atoms with E-state index >= 15 is 0 Å². The highest BCUT2D eigenvalue weighted by molar-refractivity contribution is 6.28. The molecule has 0 fully saturated rings. The number of cyclic esters (lactones) is 1. The van der Waals surface area contributed by atoms with E-state index in [4.69, 9.17) is 9.47 Å². The van der Waals surface area contributed by atoms with E-state index in [1.54, 1.807) is 7.11 Å². The second-order valence-corrected chi connectivity index (χ2v) is 6.56. The highest BCUT2D eigenvalue weighted by Crippen LogP contribution is 2.50. The van der Waals surface area contributed by atoms with Crippen LogP contribution in [0.15, 0.2) is 84.9 Å². The fourth-order valence-electron chi connectivity index (χ4n) is 3.54. The average molecular weight is 356 g/mol. The third-order valence-electron chi connectivity index (χ3n) is 4.86. The van der Waals surface area contributed by atoms with Crippen LogP contribution in [0.1, 0.15) is 22.3 Å². The van der Waals surface area contributed by atoms with E-state index in [2.05, 4.69) is 0 Å². The van der Waals surface area contributed by atoms with Crippen molar-refractivity contribution < 1.29 is 14.3 Å². The summed E-state index contributed by atoms with van der Waals surface area (Å²) < 4.78 is 11.8. The monoisotopic (exact) mass is 356 g/mol. The van der Waals surface area contributed by atoms with Crippen molar-refractivity contribution in [3.63, 3.8) is 0 Å². The summed E-state index contributed by atoms with van der Waals surface area (Å²) in [5.74, 6) is -1.67. The molecule has 0 saturated carbocycles. The molecule has 0 bridgehead atoms. The van der Waals surface area contributed by atoms with Gasteiger partial charge in [0.15, 0.2) is 0 Å². The fourth-order valence-corrected chi connectivity index (χ4v) is 3.54. The third kappa shape index (κ3) is 2.86. The molecule has 0 amide bonds. The number of rotatable bonds is 4. The van der Waals surface area contributed by atoms with Crippen LogP contribution in [-0.2, 0) is 20.1 Å². The van der Waals surface area contributed by atoms with Crippen molar-refractivity contribution in [1.29, 1.82) is 0 Å². The van der Waals surface area contributed by atoms with Crippen LogP contribution in [0.5, 0.6) is 0 Å². The highest BCUT2D eigenvalue weighted by atomic mass is 16.7. The van der Waals surface area contributed by atoms with Gasteiger partial charge < -0.3 is 9.47 Å². The van der Waals surface area contributed by atoms with Crippen LogP contribution in [0.4, 0.5) is 0 Å². The molecule has 0 saturated heterocycles. The molecule has 1 heterocycles. The van der Waals surface area contributed by atoms with E-state index in [-0.39, 0.29) is 5.97 Å². The van der Waals surface area contributed by atoms with Crippen LogP contribution in [0, 0.1) is 6.92 Å². The zero-order valence-electron chi connectivity index (χ0n) is 15.3.